The lowest BCUT2D eigenvalue weighted by atomic mass is 9.79. The van der Waals surface area contributed by atoms with Crippen molar-refractivity contribution >= 4 is 17.6 Å². The molecule has 4 rings (SSSR count). The number of methoxy groups -OCH3 is 1. The van der Waals surface area contributed by atoms with E-state index in [1.807, 2.05) is 0 Å². The molecule has 1 N–H and O–H groups in total. The van der Waals surface area contributed by atoms with Crippen LogP contribution in [0.5, 0.6) is 5.75 Å². The van der Waals surface area contributed by atoms with Gasteiger partial charge in [-0.25, -0.2) is 0 Å². The lowest BCUT2D eigenvalue weighted by Crippen LogP contribution is -2.35. The number of carbonyl (C=O) groups excluding carboxylic acids is 2. The Balaban J connectivity index is 1.51. The summed E-state index contributed by atoms with van der Waals surface area (Å²) in [5.41, 5.74) is 0.728. The number of benzene rings is 1. The average Bonchev–Trinajstić information content (AvgIpc) is 3.09. The maximum Gasteiger partial charge on any atom is 0.310 e. The minimum absolute atomic E-state index is 0.0602. The van der Waals surface area contributed by atoms with Gasteiger partial charge in [0.15, 0.2) is 0 Å². The second-order valence-corrected chi connectivity index (χ2v) is 6.14. The Hall–Kier alpha value is -2.04. The van der Waals surface area contributed by atoms with Crippen molar-refractivity contribution in [2.75, 3.05) is 12.4 Å². The van der Waals surface area contributed by atoms with Crippen LogP contribution < -0.4 is 10.1 Å². The number of carbonyl (C=O) groups is 2. The van der Waals surface area contributed by atoms with Crippen molar-refractivity contribution in [1.82, 2.24) is 0 Å². The molecule has 1 aromatic carbocycles. The van der Waals surface area contributed by atoms with Gasteiger partial charge in [0.05, 0.1) is 18.9 Å². The highest BCUT2D eigenvalue weighted by Gasteiger charge is 2.63. The smallest absolute Gasteiger partial charge is 0.310 e. The Morgan fingerprint density at radius 2 is 2.05 bits per heavy atom. The van der Waals surface area contributed by atoms with Gasteiger partial charge < -0.3 is 14.8 Å². The molecular weight excluding hydrogens is 270 g/mol. The predicted octanol–water partition coefficient (Wildman–Crippen LogP) is 1.83. The van der Waals surface area contributed by atoms with Gasteiger partial charge in [0, 0.05) is 11.6 Å². The number of hydrogen-bond donors (Lipinski definition) is 1. The molecule has 5 atom stereocenters. The summed E-state index contributed by atoms with van der Waals surface area (Å²) in [5, 5.41) is 2.92. The van der Waals surface area contributed by atoms with Gasteiger partial charge in [-0.1, -0.05) is 0 Å². The Kier molecular flexibility index (Phi) is 2.71. The van der Waals surface area contributed by atoms with Crippen LogP contribution in [0.2, 0.25) is 0 Å². The van der Waals surface area contributed by atoms with Crippen molar-refractivity contribution in [3.63, 3.8) is 0 Å². The summed E-state index contributed by atoms with van der Waals surface area (Å²) in [7, 11) is 1.60. The number of anilines is 1. The molecule has 1 aromatic rings. The zero-order chi connectivity index (χ0) is 14.6. The van der Waals surface area contributed by atoms with Gasteiger partial charge >= 0.3 is 5.97 Å². The Morgan fingerprint density at radius 3 is 2.76 bits per heavy atom. The molecule has 5 heteroatoms. The normalized spacial score (nSPS) is 35.7. The Morgan fingerprint density at radius 1 is 1.29 bits per heavy atom. The third-order valence-corrected chi connectivity index (χ3v) is 5.14. The van der Waals surface area contributed by atoms with Gasteiger partial charge in [-0.2, -0.15) is 0 Å². The van der Waals surface area contributed by atoms with Crippen molar-refractivity contribution in [1.29, 1.82) is 0 Å². The van der Waals surface area contributed by atoms with Crippen molar-refractivity contribution in [2.45, 2.75) is 18.9 Å². The molecule has 1 saturated heterocycles. The van der Waals surface area contributed by atoms with Crippen LogP contribution in [0.25, 0.3) is 0 Å². The first-order valence-corrected chi connectivity index (χ1v) is 7.33. The minimum Gasteiger partial charge on any atom is -0.497 e. The molecule has 1 heterocycles. The number of esters is 1. The van der Waals surface area contributed by atoms with E-state index in [0.717, 1.165) is 24.3 Å². The molecule has 2 saturated carbocycles. The Labute approximate surface area is 122 Å². The summed E-state index contributed by atoms with van der Waals surface area (Å²) in [6, 6.07) is 7.21. The predicted molar refractivity (Wildman–Crippen MR) is 74.7 cm³/mol. The van der Waals surface area contributed by atoms with E-state index >= 15 is 0 Å². The number of rotatable bonds is 3. The van der Waals surface area contributed by atoms with Gasteiger partial charge in [-0.3, -0.25) is 9.59 Å². The van der Waals surface area contributed by atoms with E-state index in [4.69, 9.17) is 9.47 Å². The fourth-order valence-corrected chi connectivity index (χ4v) is 4.26. The quantitative estimate of drug-likeness (QED) is 0.861. The summed E-state index contributed by atoms with van der Waals surface area (Å²) in [6.45, 7) is 0. The van der Waals surface area contributed by atoms with Crippen molar-refractivity contribution in [2.24, 2.45) is 23.7 Å². The number of nitrogens with one attached hydrogen (secondary N) is 1. The molecule has 3 aliphatic rings. The van der Waals surface area contributed by atoms with E-state index in [0.29, 0.717) is 0 Å². The topological polar surface area (TPSA) is 64.6 Å². The zero-order valence-corrected chi connectivity index (χ0v) is 11.7. The van der Waals surface area contributed by atoms with Gasteiger partial charge in [-0.15, -0.1) is 0 Å². The van der Waals surface area contributed by atoms with Crippen molar-refractivity contribution < 1.29 is 19.1 Å². The van der Waals surface area contributed by atoms with E-state index in [2.05, 4.69) is 5.32 Å². The number of ether oxygens (including phenoxy) is 2. The summed E-state index contributed by atoms with van der Waals surface area (Å²) in [4.78, 5) is 24.5. The Bertz CT molecular complexity index is 595. The summed E-state index contributed by atoms with van der Waals surface area (Å²) >= 11 is 0. The van der Waals surface area contributed by atoms with Crippen LogP contribution in [-0.4, -0.2) is 25.1 Å². The molecule has 1 amide bonds. The summed E-state index contributed by atoms with van der Waals surface area (Å²) < 4.78 is 10.5. The average molecular weight is 287 g/mol. The third-order valence-electron chi connectivity index (χ3n) is 5.14. The highest BCUT2D eigenvalue weighted by Crippen LogP contribution is 2.57. The van der Waals surface area contributed by atoms with E-state index in [1.165, 1.54) is 0 Å². The molecule has 110 valence electrons. The van der Waals surface area contributed by atoms with Gasteiger partial charge in [0.2, 0.25) is 5.91 Å². The molecule has 0 radical (unpaired) electrons. The molecule has 1 aliphatic heterocycles. The fourth-order valence-electron chi connectivity index (χ4n) is 4.26. The first-order valence-electron chi connectivity index (χ1n) is 7.33. The number of fused-ring (bicyclic) bond motifs is 1. The van der Waals surface area contributed by atoms with Gasteiger partial charge in [0.25, 0.3) is 0 Å². The van der Waals surface area contributed by atoms with Crippen molar-refractivity contribution in [3.05, 3.63) is 24.3 Å². The van der Waals surface area contributed by atoms with Crippen LogP contribution in [0.3, 0.4) is 0 Å². The summed E-state index contributed by atoms with van der Waals surface area (Å²) in [6.07, 6.45) is 1.85. The highest BCUT2D eigenvalue weighted by molar-refractivity contribution is 5.97. The fraction of sp³-hybridized carbons (Fsp3) is 0.500. The zero-order valence-electron chi connectivity index (χ0n) is 11.7. The van der Waals surface area contributed by atoms with E-state index in [9.17, 15) is 9.59 Å². The maximum absolute atomic E-state index is 12.5. The molecule has 0 aromatic heterocycles. The van der Waals surface area contributed by atoms with E-state index in [-0.39, 0.29) is 41.7 Å². The molecule has 0 unspecified atom stereocenters. The standard InChI is InChI=1S/C16H17NO4/c1-20-10-4-2-9(3-5-10)17-15(18)13-8-6-11-12(7-8)21-16(19)14(11)13/h2-5,8,11-14H,6-7H2,1H3,(H,17,18)/t8-,11+,12+,13-,14-/m1/s1. The summed E-state index contributed by atoms with van der Waals surface area (Å²) in [5.74, 6) is 0.587. The van der Waals surface area contributed by atoms with Crippen LogP contribution in [0, 0.1) is 23.7 Å². The third kappa shape index (κ3) is 1.83. The van der Waals surface area contributed by atoms with Crippen LogP contribution in [0.4, 0.5) is 5.69 Å². The monoisotopic (exact) mass is 287 g/mol. The van der Waals surface area contributed by atoms with Gasteiger partial charge in [-0.05, 0) is 43.0 Å². The molecular formula is C16H17NO4. The number of amides is 1. The largest absolute Gasteiger partial charge is 0.497 e. The van der Waals surface area contributed by atoms with Crippen LogP contribution in [0.15, 0.2) is 24.3 Å². The molecule has 2 bridgehead atoms. The lowest BCUT2D eigenvalue weighted by Gasteiger charge is -2.23. The second-order valence-electron chi connectivity index (χ2n) is 6.14. The first kappa shape index (κ1) is 12.7. The molecule has 5 nitrogen and oxygen atoms in total. The first-order chi connectivity index (χ1) is 10.2. The SMILES string of the molecule is COc1ccc(NC(=O)[C@@H]2[C@@H]3C[C@@H]4[C@H]2C(=O)O[C@H]4C3)cc1. The van der Waals surface area contributed by atoms with E-state index < -0.39 is 0 Å². The molecule has 3 fully saturated rings. The highest BCUT2D eigenvalue weighted by atomic mass is 16.6. The van der Waals surface area contributed by atoms with Crippen molar-refractivity contribution in [3.8, 4) is 5.75 Å². The van der Waals surface area contributed by atoms with Crippen LogP contribution in [-0.2, 0) is 14.3 Å². The maximum atomic E-state index is 12.5. The lowest BCUT2D eigenvalue weighted by molar-refractivity contribution is -0.145. The molecule has 2 aliphatic carbocycles. The van der Waals surface area contributed by atoms with Crippen LogP contribution >= 0.6 is 0 Å². The second kappa shape index (κ2) is 4.48. The minimum atomic E-state index is -0.233. The van der Waals surface area contributed by atoms with Crippen LogP contribution in [0.1, 0.15) is 12.8 Å². The number of hydrogen-bond acceptors (Lipinski definition) is 4. The van der Waals surface area contributed by atoms with Gasteiger partial charge in [0.1, 0.15) is 11.9 Å². The molecule has 21 heavy (non-hydrogen) atoms. The molecule has 0 spiro atoms. The van der Waals surface area contributed by atoms with E-state index in [1.54, 1.807) is 31.4 Å².